The molecule has 2 aliphatic heterocycles. The largest absolute Gasteiger partial charge is 0.368 e. The van der Waals surface area contributed by atoms with Crippen molar-refractivity contribution in [3.63, 3.8) is 0 Å². The van der Waals surface area contributed by atoms with Crippen molar-refractivity contribution in [2.45, 2.75) is 44.8 Å². The molecule has 2 atom stereocenters. The van der Waals surface area contributed by atoms with Gasteiger partial charge in [-0.1, -0.05) is 0 Å². The number of non-ortho nitro benzene ring substituents is 1. The molecule has 0 saturated carbocycles. The van der Waals surface area contributed by atoms with Crippen LogP contribution in [0.4, 0.5) is 11.4 Å². The van der Waals surface area contributed by atoms with E-state index in [-0.39, 0.29) is 10.6 Å². The Labute approximate surface area is 119 Å². The van der Waals surface area contributed by atoms with Crippen molar-refractivity contribution in [1.82, 2.24) is 4.90 Å². The van der Waals surface area contributed by atoms with Gasteiger partial charge in [0.1, 0.15) is 0 Å². The number of anilines is 1. The fraction of sp³-hybridized carbons (Fsp3) is 0.600. The molecular formula is C15H21N3O2. The smallest absolute Gasteiger partial charge is 0.269 e. The highest BCUT2D eigenvalue weighted by Gasteiger charge is 2.40. The molecule has 2 heterocycles. The van der Waals surface area contributed by atoms with Gasteiger partial charge in [-0.05, 0) is 38.8 Å². The van der Waals surface area contributed by atoms with Crippen molar-refractivity contribution in [3.05, 3.63) is 34.4 Å². The van der Waals surface area contributed by atoms with E-state index in [0.717, 1.165) is 18.8 Å². The monoisotopic (exact) mass is 275 g/mol. The highest BCUT2D eigenvalue weighted by atomic mass is 16.6. The molecule has 1 aromatic rings. The van der Waals surface area contributed by atoms with E-state index in [2.05, 4.69) is 23.6 Å². The average Bonchev–Trinajstić information content (AvgIpc) is 2.70. The molecule has 0 amide bonds. The minimum absolute atomic E-state index is 0.164. The van der Waals surface area contributed by atoms with E-state index in [1.54, 1.807) is 12.1 Å². The molecule has 108 valence electrons. The Morgan fingerprint density at radius 1 is 1.15 bits per heavy atom. The van der Waals surface area contributed by atoms with Gasteiger partial charge in [0.25, 0.3) is 5.69 Å². The van der Waals surface area contributed by atoms with Crippen LogP contribution < -0.4 is 4.90 Å². The van der Waals surface area contributed by atoms with E-state index >= 15 is 0 Å². The third-order valence-corrected chi connectivity index (χ3v) is 4.56. The number of nitro groups is 1. The van der Waals surface area contributed by atoms with Crippen molar-refractivity contribution >= 4 is 11.4 Å². The van der Waals surface area contributed by atoms with Crippen LogP contribution in [0.25, 0.3) is 0 Å². The summed E-state index contributed by atoms with van der Waals surface area (Å²) in [5.41, 5.74) is 1.27. The van der Waals surface area contributed by atoms with Gasteiger partial charge in [-0.25, -0.2) is 0 Å². The predicted octanol–water partition coefficient (Wildman–Crippen LogP) is 2.66. The maximum Gasteiger partial charge on any atom is 0.269 e. The van der Waals surface area contributed by atoms with Crippen molar-refractivity contribution in [1.29, 1.82) is 0 Å². The lowest BCUT2D eigenvalue weighted by atomic mass is 10.1. The number of fused-ring (bicyclic) bond motifs is 2. The summed E-state index contributed by atoms with van der Waals surface area (Å²) in [4.78, 5) is 15.4. The average molecular weight is 275 g/mol. The molecule has 0 N–H and O–H groups in total. The second-order valence-electron chi connectivity index (χ2n) is 6.10. The lowest BCUT2D eigenvalue weighted by molar-refractivity contribution is -0.384. The van der Waals surface area contributed by atoms with Gasteiger partial charge in [-0.2, -0.15) is 0 Å². The zero-order valence-corrected chi connectivity index (χ0v) is 12.0. The summed E-state index contributed by atoms with van der Waals surface area (Å²) in [6, 6.07) is 8.82. The Morgan fingerprint density at radius 3 is 2.15 bits per heavy atom. The number of benzene rings is 1. The fourth-order valence-corrected chi connectivity index (χ4v) is 3.77. The van der Waals surface area contributed by atoms with E-state index < -0.39 is 0 Å². The number of hydrogen-bond acceptors (Lipinski definition) is 4. The molecule has 2 aliphatic rings. The van der Waals surface area contributed by atoms with E-state index in [1.165, 1.54) is 12.8 Å². The normalized spacial score (nSPS) is 26.2. The molecule has 20 heavy (non-hydrogen) atoms. The lowest BCUT2D eigenvalue weighted by Crippen LogP contribution is -2.56. The Bertz CT molecular complexity index is 486. The summed E-state index contributed by atoms with van der Waals surface area (Å²) >= 11 is 0. The number of nitrogens with zero attached hydrogens (tertiary/aromatic N) is 3. The van der Waals surface area contributed by atoms with E-state index in [4.69, 9.17) is 0 Å². The SMILES string of the molecule is CC(C)N1C2CCC1CN(c1ccc([N+](=O)[O-])cc1)C2. The highest BCUT2D eigenvalue weighted by Crippen LogP contribution is 2.34. The minimum atomic E-state index is -0.343. The fourth-order valence-electron chi connectivity index (χ4n) is 3.77. The molecule has 1 aromatic carbocycles. The predicted molar refractivity (Wildman–Crippen MR) is 79.1 cm³/mol. The third-order valence-electron chi connectivity index (χ3n) is 4.56. The van der Waals surface area contributed by atoms with Crippen LogP contribution >= 0.6 is 0 Å². The van der Waals surface area contributed by atoms with Crippen LogP contribution in [0.3, 0.4) is 0 Å². The minimum Gasteiger partial charge on any atom is -0.368 e. The number of hydrogen-bond donors (Lipinski definition) is 0. The number of piperazine rings is 1. The summed E-state index contributed by atoms with van der Waals surface area (Å²) in [6.07, 6.45) is 2.54. The second-order valence-corrected chi connectivity index (χ2v) is 6.10. The molecule has 0 spiro atoms. The van der Waals surface area contributed by atoms with Crippen LogP contribution in [0.2, 0.25) is 0 Å². The second kappa shape index (κ2) is 5.05. The summed E-state index contributed by atoms with van der Waals surface area (Å²) in [5.74, 6) is 0. The van der Waals surface area contributed by atoms with Crippen molar-refractivity contribution < 1.29 is 4.92 Å². The van der Waals surface area contributed by atoms with Gasteiger partial charge in [0.05, 0.1) is 4.92 Å². The van der Waals surface area contributed by atoms with E-state index in [9.17, 15) is 10.1 Å². The van der Waals surface area contributed by atoms with Crippen molar-refractivity contribution in [2.75, 3.05) is 18.0 Å². The Kier molecular flexibility index (Phi) is 3.38. The molecule has 2 saturated heterocycles. The van der Waals surface area contributed by atoms with Crippen LogP contribution in [0.1, 0.15) is 26.7 Å². The highest BCUT2D eigenvalue weighted by molar-refractivity contribution is 5.51. The quantitative estimate of drug-likeness (QED) is 0.628. The Hall–Kier alpha value is -1.62. The molecular weight excluding hydrogens is 254 g/mol. The summed E-state index contributed by atoms with van der Waals surface area (Å²) in [6.45, 7) is 6.61. The molecule has 2 unspecified atom stereocenters. The van der Waals surface area contributed by atoms with Crippen molar-refractivity contribution in [3.8, 4) is 0 Å². The first-order valence-electron chi connectivity index (χ1n) is 7.33. The van der Waals surface area contributed by atoms with Crippen LogP contribution in [0.15, 0.2) is 24.3 Å². The third kappa shape index (κ3) is 2.26. The summed E-state index contributed by atoms with van der Waals surface area (Å²) in [7, 11) is 0. The molecule has 3 rings (SSSR count). The van der Waals surface area contributed by atoms with Gasteiger partial charge < -0.3 is 4.90 Å². The van der Waals surface area contributed by atoms with Gasteiger partial charge in [0, 0.05) is 49.0 Å². The maximum atomic E-state index is 10.7. The van der Waals surface area contributed by atoms with E-state index in [0.29, 0.717) is 18.1 Å². The van der Waals surface area contributed by atoms with Gasteiger partial charge in [0.2, 0.25) is 0 Å². The number of rotatable bonds is 3. The van der Waals surface area contributed by atoms with Gasteiger partial charge in [-0.15, -0.1) is 0 Å². The zero-order valence-electron chi connectivity index (χ0n) is 12.0. The molecule has 0 radical (unpaired) electrons. The maximum absolute atomic E-state index is 10.7. The first-order valence-corrected chi connectivity index (χ1v) is 7.33. The first-order chi connectivity index (χ1) is 9.56. The molecule has 5 nitrogen and oxygen atoms in total. The van der Waals surface area contributed by atoms with E-state index in [1.807, 2.05) is 12.1 Å². The lowest BCUT2D eigenvalue weighted by Gasteiger charge is -2.44. The molecule has 2 bridgehead atoms. The zero-order chi connectivity index (χ0) is 14.3. The van der Waals surface area contributed by atoms with Crippen LogP contribution in [-0.4, -0.2) is 41.0 Å². The molecule has 5 heteroatoms. The standard InChI is InChI=1S/C15H21N3O2/c1-11(2)17-14-7-8-15(17)10-16(9-14)12-3-5-13(6-4-12)18(19)20/h3-6,11,14-15H,7-10H2,1-2H3. The topological polar surface area (TPSA) is 49.6 Å². The Balaban J connectivity index is 1.76. The summed E-state index contributed by atoms with van der Waals surface area (Å²) < 4.78 is 0. The van der Waals surface area contributed by atoms with Crippen LogP contribution in [-0.2, 0) is 0 Å². The van der Waals surface area contributed by atoms with Gasteiger partial charge in [0.15, 0.2) is 0 Å². The van der Waals surface area contributed by atoms with Gasteiger partial charge in [-0.3, -0.25) is 15.0 Å². The summed E-state index contributed by atoms with van der Waals surface area (Å²) in [5, 5.41) is 10.7. The first kappa shape index (κ1) is 13.4. The molecule has 0 aliphatic carbocycles. The van der Waals surface area contributed by atoms with Crippen LogP contribution in [0, 0.1) is 10.1 Å². The molecule has 2 fully saturated rings. The van der Waals surface area contributed by atoms with Gasteiger partial charge >= 0.3 is 0 Å². The molecule has 0 aromatic heterocycles. The number of nitro benzene ring substituents is 1. The van der Waals surface area contributed by atoms with Crippen LogP contribution in [0.5, 0.6) is 0 Å². The Morgan fingerprint density at radius 2 is 1.70 bits per heavy atom. The van der Waals surface area contributed by atoms with Crippen molar-refractivity contribution in [2.24, 2.45) is 0 Å².